The second-order valence-electron chi connectivity index (χ2n) is 7.18. The molecule has 5 rings (SSSR count). The SMILES string of the molecule is COc1ccc(-c2nn(-c3ccccc3)cc2C=c2sc3nc(=O)c(C)nn3c2=O)cc1Cl. The molecule has 0 aliphatic heterocycles. The summed E-state index contributed by atoms with van der Waals surface area (Å²) >= 11 is 7.45. The van der Waals surface area contributed by atoms with Crippen LogP contribution in [0, 0.1) is 6.92 Å². The molecule has 0 atom stereocenters. The normalized spacial score (nSPS) is 11.9. The van der Waals surface area contributed by atoms with Crippen molar-refractivity contribution in [2.45, 2.75) is 6.92 Å². The Morgan fingerprint density at radius 2 is 1.88 bits per heavy atom. The summed E-state index contributed by atoms with van der Waals surface area (Å²) < 4.78 is 8.53. The Morgan fingerprint density at radius 3 is 2.61 bits per heavy atom. The van der Waals surface area contributed by atoms with E-state index in [0.717, 1.165) is 27.1 Å². The molecule has 3 aromatic heterocycles. The number of para-hydroxylation sites is 1. The highest BCUT2D eigenvalue weighted by Crippen LogP contribution is 2.31. The van der Waals surface area contributed by atoms with Crippen LogP contribution in [0.15, 0.2) is 64.3 Å². The Balaban J connectivity index is 1.75. The largest absolute Gasteiger partial charge is 0.495 e. The number of nitrogens with zero attached hydrogens (tertiary/aromatic N) is 5. The Labute approximate surface area is 196 Å². The van der Waals surface area contributed by atoms with Crippen molar-refractivity contribution >= 4 is 34.0 Å². The number of thiazole rings is 1. The van der Waals surface area contributed by atoms with Crippen molar-refractivity contribution < 1.29 is 4.74 Å². The number of aryl methyl sites for hydroxylation is 1. The third-order valence-electron chi connectivity index (χ3n) is 5.02. The van der Waals surface area contributed by atoms with Crippen molar-refractivity contribution in [2.24, 2.45) is 0 Å². The van der Waals surface area contributed by atoms with Gasteiger partial charge in [0, 0.05) is 17.3 Å². The molecule has 0 radical (unpaired) electrons. The third kappa shape index (κ3) is 3.81. The van der Waals surface area contributed by atoms with E-state index in [1.165, 1.54) is 6.92 Å². The first-order chi connectivity index (χ1) is 15.9. The number of halogens is 1. The number of hydrogen-bond donors (Lipinski definition) is 0. The van der Waals surface area contributed by atoms with Crippen LogP contribution in [0.2, 0.25) is 5.02 Å². The van der Waals surface area contributed by atoms with Crippen LogP contribution in [0.4, 0.5) is 0 Å². The lowest BCUT2D eigenvalue weighted by Crippen LogP contribution is -2.27. The minimum Gasteiger partial charge on any atom is -0.495 e. The van der Waals surface area contributed by atoms with Crippen LogP contribution in [0.1, 0.15) is 11.3 Å². The van der Waals surface area contributed by atoms with Gasteiger partial charge in [0.15, 0.2) is 0 Å². The topological polar surface area (TPSA) is 91.4 Å². The van der Waals surface area contributed by atoms with Crippen molar-refractivity contribution in [3.05, 3.63) is 96.2 Å². The van der Waals surface area contributed by atoms with Crippen molar-refractivity contribution in [1.29, 1.82) is 0 Å². The van der Waals surface area contributed by atoms with Crippen LogP contribution in [0.25, 0.3) is 28.0 Å². The molecule has 0 N–H and O–H groups in total. The fourth-order valence-electron chi connectivity index (χ4n) is 3.37. The lowest BCUT2D eigenvalue weighted by Gasteiger charge is -2.05. The number of fused-ring (bicyclic) bond motifs is 1. The van der Waals surface area contributed by atoms with Gasteiger partial charge in [0.25, 0.3) is 11.1 Å². The van der Waals surface area contributed by atoms with Gasteiger partial charge in [-0.3, -0.25) is 9.59 Å². The summed E-state index contributed by atoms with van der Waals surface area (Å²) in [6.07, 6.45) is 3.56. The lowest BCUT2D eigenvalue weighted by atomic mass is 10.1. The van der Waals surface area contributed by atoms with Gasteiger partial charge in [0.05, 0.1) is 22.4 Å². The minimum atomic E-state index is -0.451. The van der Waals surface area contributed by atoms with Crippen molar-refractivity contribution in [1.82, 2.24) is 24.4 Å². The predicted octanol–water partition coefficient (Wildman–Crippen LogP) is 2.88. The maximum atomic E-state index is 12.9. The Kier molecular flexibility index (Phi) is 5.27. The molecule has 164 valence electrons. The van der Waals surface area contributed by atoms with Gasteiger partial charge in [-0.15, -0.1) is 0 Å². The van der Waals surface area contributed by atoms with E-state index in [9.17, 15) is 9.59 Å². The van der Waals surface area contributed by atoms with Crippen LogP contribution in [-0.4, -0.2) is 31.5 Å². The standard InChI is InChI=1S/C23H16ClN5O3S/c1-13-21(30)25-23-29(26-13)22(31)19(33-23)11-15-12-28(16-6-4-3-5-7-16)27-20(15)14-8-9-18(32-2)17(24)10-14/h3-12H,1-2H3. The van der Waals surface area contributed by atoms with Crippen molar-refractivity contribution in [3.63, 3.8) is 0 Å². The molecular weight excluding hydrogens is 462 g/mol. The summed E-state index contributed by atoms with van der Waals surface area (Å²) in [6.45, 7) is 1.53. The molecule has 8 nitrogen and oxygen atoms in total. The second kappa shape index (κ2) is 8.27. The lowest BCUT2D eigenvalue weighted by molar-refractivity contribution is 0.415. The third-order valence-corrected chi connectivity index (χ3v) is 6.27. The quantitative estimate of drug-likeness (QED) is 0.395. The van der Waals surface area contributed by atoms with E-state index >= 15 is 0 Å². The van der Waals surface area contributed by atoms with Gasteiger partial charge in [0.1, 0.15) is 17.1 Å². The number of methoxy groups -OCH3 is 1. The summed E-state index contributed by atoms with van der Waals surface area (Å²) in [6, 6.07) is 15.0. The summed E-state index contributed by atoms with van der Waals surface area (Å²) in [5.41, 5.74) is 2.32. The molecule has 5 aromatic rings. The average molecular weight is 478 g/mol. The van der Waals surface area contributed by atoms with E-state index in [4.69, 9.17) is 21.4 Å². The summed E-state index contributed by atoms with van der Waals surface area (Å²) in [5.74, 6) is 0.553. The van der Waals surface area contributed by atoms with Crippen LogP contribution < -0.4 is 20.4 Å². The Morgan fingerprint density at radius 1 is 1.09 bits per heavy atom. The average Bonchev–Trinajstić information content (AvgIpc) is 3.36. The Bertz CT molecular complexity index is 1670. The zero-order valence-corrected chi connectivity index (χ0v) is 19.1. The number of hydrogen-bond acceptors (Lipinski definition) is 7. The first-order valence-electron chi connectivity index (χ1n) is 9.86. The van der Waals surface area contributed by atoms with Crippen LogP contribution in [0.5, 0.6) is 5.75 Å². The predicted molar refractivity (Wildman–Crippen MR) is 127 cm³/mol. The fourth-order valence-corrected chi connectivity index (χ4v) is 4.52. The molecule has 0 aliphatic carbocycles. The van der Waals surface area contributed by atoms with Gasteiger partial charge in [-0.05, 0) is 43.3 Å². The molecule has 2 aromatic carbocycles. The van der Waals surface area contributed by atoms with E-state index in [0.29, 0.717) is 26.6 Å². The molecule has 0 spiro atoms. The van der Waals surface area contributed by atoms with Crippen molar-refractivity contribution in [3.8, 4) is 22.7 Å². The fraction of sp³-hybridized carbons (Fsp3) is 0.0870. The van der Waals surface area contributed by atoms with E-state index in [-0.39, 0.29) is 16.2 Å². The zero-order valence-electron chi connectivity index (χ0n) is 17.5. The second-order valence-corrected chi connectivity index (χ2v) is 8.59. The number of rotatable bonds is 4. The summed E-state index contributed by atoms with van der Waals surface area (Å²) in [7, 11) is 1.55. The Hall–Kier alpha value is -3.82. The van der Waals surface area contributed by atoms with Gasteiger partial charge >= 0.3 is 0 Å². The van der Waals surface area contributed by atoms with Crippen LogP contribution in [0.3, 0.4) is 0 Å². The van der Waals surface area contributed by atoms with Gasteiger partial charge in [-0.1, -0.05) is 41.1 Å². The molecule has 0 amide bonds. The zero-order chi connectivity index (χ0) is 23.1. The van der Waals surface area contributed by atoms with Gasteiger partial charge in [0.2, 0.25) is 4.96 Å². The highest BCUT2D eigenvalue weighted by molar-refractivity contribution is 7.15. The maximum absolute atomic E-state index is 12.9. The summed E-state index contributed by atoms with van der Waals surface area (Å²) in [4.78, 5) is 29.0. The molecule has 33 heavy (non-hydrogen) atoms. The van der Waals surface area contributed by atoms with Gasteiger partial charge in [-0.2, -0.15) is 19.7 Å². The molecule has 0 aliphatic rings. The molecule has 0 unspecified atom stereocenters. The van der Waals surface area contributed by atoms with Gasteiger partial charge < -0.3 is 4.74 Å². The molecule has 0 saturated carbocycles. The number of benzene rings is 2. The highest BCUT2D eigenvalue weighted by atomic mass is 35.5. The first kappa shape index (κ1) is 21.0. The number of ether oxygens (including phenoxy) is 1. The van der Waals surface area contributed by atoms with E-state index in [2.05, 4.69) is 10.1 Å². The van der Waals surface area contributed by atoms with Crippen LogP contribution >= 0.6 is 22.9 Å². The van der Waals surface area contributed by atoms with Crippen molar-refractivity contribution in [2.75, 3.05) is 7.11 Å². The first-order valence-corrected chi connectivity index (χ1v) is 11.1. The molecule has 0 fully saturated rings. The van der Waals surface area contributed by atoms with Gasteiger partial charge in [-0.25, -0.2) is 4.68 Å². The van der Waals surface area contributed by atoms with E-state index < -0.39 is 5.56 Å². The smallest absolute Gasteiger partial charge is 0.295 e. The molecule has 3 heterocycles. The van der Waals surface area contributed by atoms with Crippen LogP contribution in [-0.2, 0) is 0 Å². The monoisotopic (exact) mass is 477 g/mol. The van der Waals surface area contributed by atoms with E-state index in [1.54, 1.807) is 30.0 Å². The molecule has 0 bridgehead atoms. The molecule has 10 heteroatoms. The minimum absolute atomic E-state index is 0.166. The maximum Gasteiger partial charge on any atom is 0.295 e. The van der Waals surface area contributed by atoms with E-state index in [1.807, 2.05) is 42.6 Å². The molecule has 0 saturated heterocycles. The number of aromatic nitrogens is 5. The highest BCUT2D eigenvalue weighted by Gasteiger charge is 2.15. The summed E-state index contributed by atoms with van der Waals surface area (Å²) in [5, 5.41) is 9.27. The molecular formula is C23H16ClN5O3S.